The van der Waals surface area contributed by atoms with E-state index in [2.05, 4.69) is 16.4 Å². The van der Waals surface area contributed by atoms with Crippen LogP contribution in [0, 0.1) is 0 Å². The molecule has 0 saturated heterocycles. The van der Waals surface area contributed by atoms with E-state index in [1.165, 1.54) is 0 Å². The van der Waals surface area contributed by atoms with Crippen LogP contribution in [0.5, 0.6) is 0 Å². The topological polar surface area (TPSA) is 34.1 Å². The Bertz CT molecular complexity index is 596. The predicted molar refractivity (Wildman–Crippen MR) is 88.4 cm³/mol. The molecule has 0 radical (unpaired) electrons. The molecule has 0 spiro atoms. The van der Waals surface area contributed by atoms with Crippen molar-refractivity contribution in [1.82, 2.24) is 10.3 Å². The molecule has 1 N–H and O–H groups in total. The van der Waals surface area contributed by atoms with Crippen LogP contribution in [-0.2, 0) is 11.3 Å². The molecule has 0 saturated carbocycles. The highest BCUT2D eigenvalue weighted by Crippen LogP contribution is 2.33. The molecule has 0 unspecified atom stereocenters. The molecule has 0 amide bonds. The van der Waals surface area contributed by atoms with Gasteiger partial charge in [0, 0.05) is 31.3 Å². The van der Waals surface area contributed by atoms with Gasteiger partial charge < -0.3 is 10.1 Å². The van der Waals surface area contributed by atoms with Crippen molar-refractivity contribution in [3.63, 3.8) is 0 Å². The minimum atomic E-state index is 0.553. The van der Waals surface area contributed by atoms with Crippen molar-refractivity contribution in [1.29, 1.82) is 0 Å². The average molecular weight is 343 g/mol. The van der Waals surface area contributed by atoms with Crippen LogP contribution in [0.1, 0.15) is 5.56 Å². The molecule has 0 bridgehead atoms. The molecule has 0 aliphatic heterocycles. The summed E-state index contributed by atoms with van der Waals surface area (Å²) < 4.78 is 5.02. The number of ether oxygens (including phenoxy) is 1. The maximum atomic E-state index is 6.05. The lowest BCUT2D eigenvalue weighted by molar-refractivity contribution is 0.199. The monoisotopic (exact) mass is 342 g/mol. The molecular formula is C15H16Cl2N2OS. The zero-order valence-corrected chi connectivity index (χ0v) is 13.9. The molecule has 0 aliphatic rings. The Morgan fingerprint density at radius 1 is 1.24 bits per heavy atom. The molecule has 2 aromatic rings. The van der Waals surface area contributed by atoms with Gasteiger partial charge >= 0.3 is 0 Å². The highest BCUT2D eigenvalue weighted by Gasteiger charge is 2.07. The number of rotatable bonds is 7. The maximum absolute atomic E-state index is 6.05. The Morgan fingerprint density at radius 2 is 2.10 bits per heavy atom. The molecule has 1 aromatic carbocycles. The van der Waals surface area contributed by atoms with Crippen LogP contribution >= 0.6 is 35.0 Å². The lowest BCUT2D eigenvalue weighted by Crippen LogP contribution is -2.19. The van der Waals surface area contributed by atoms with Gasteiger partial charge in [-0.25, -0.2) is 4.98 Å². The zero-order chi connectivity index (χ0) is 15.1. The van der Waals surface area contributed by atoms with Gasteiger partial charge in [0.15, 0.2) is 0 Å². The molecule has 6 heteroatoms. The van der Waals surface area contributed by atoms with Crippen LogP contribution in [-0.4, -0.2) is 25.2 Å². The third-order valence-corrected chi connectivity index (χ3v) is 4.54. The van der Waals surface area contributed by atoms with Crippen molar-refractivity contribution in [2.45, 2.75) is 16.5 Å². The molecule has 0 fully saturated rings. The van der Waals surface area contributed by atoms with Crippen LogP contribution < -0.4 is 5.32 Å². The second-order valence-corrected chi connectivity index (χ2v) is 6.19. The van der Waals surface area contributed by atoms with Gasteiger partial charge in [0.05, 0.1) is 16.7 Å². The number of hydrogen-bond donors (Lipinski definition) is 1. The van der Waals surface area contributed by atoms with E-state index < -0.39 is 0 Å². The third-order valence-electron chi connectivity index (χ3n) is 2.75. The standard InChI is InChI=1S/C15H16Cl2N2OS/c1-20-8-7-18-10-11-3-2-6-19-15(11)21-12-4-5-13(16)14(17)9-12/h2-6,9,18H,7-8,10H2,1H3. The minimum Gasteiger partial charge on any atom is -0.383 e. The smallest absolute Gasteiger partial charge is 0.105 e. The zero-order valence-electron chi connectivity index (χ0n) is 11.6. The Morgan fingerprint density at radius 3 is 2.86 bits per heavy atom. The van der Waals surface area contributed by atoms with E-state index in [0.717, 1.165) is 28.6 Å². The van der Waals surface area contributed by atoms with Crippen molar-refractivity contribution in [3.05, 3.63) is 52.1 Å². The molecule has 3 nitrogen and oxygen atoms in total. The van der Waals surface area contributed by atoms with E-state index in [9.17, 15) is 0 Å². The van der Waals surface area contributed by atoms with E-state index in [4.69, 9.17) is 27.9 Å². The fourth-order valence-electron chi connectivity index (χ4n) is 1.70. The second kappa shape index (κ2) is 8.61. The highest BCUT2D eigenvalue weighted by molar-refractivity contribution is 7.99. The van der Waals surface area contributed by atoms with Crippen molar-refractivity contribution in [2.75, 3.05) is 20.3 Å². The summed E-state index contributed by atoms with van der Waals surface area (Å²) in [4.78, 5) is 5.46. The molecule has 21 heavy (non-hydrogen) atoms. The van der Waals surface area contributed by atoms with E-state index >= 15 is 0 Å². The highest BCUT2D eigenvalue weighted by atomic mass is 35.5. The number of aromatic nitrogens is 1. The van der Waals surface area contributed by atoms with E-state index in [-0.39, 0.29) is 0 Å². The Labute approximate surface area is 139 Å². The number of hydrogen-bond acceptors (Lipinski definition) is 4. The minimum absolute atomic E-state index is 0.553. The molecule has 0 atom stereocenters. The van der Waals surface area contributed by atoms with Gasteiger partial charge in [-0.1, -0.05) is 41.0 Å². The first kappa shape index (κ1) is 16.6. The Kier molecular flexibility index (Phi) is 6.80. The van der Waals surface area contributed by atoms with Gasteiger partial charge in [-0.05, 0) is 29.8 Å². The summed E-state index contributed by atoms with van der Waals surface area (Å²) in [5.41, 5.74) is 1.14. The molecule has 0 aliphatic carbocycles. The van der Waals surface area contributed by atoms with Crippen LogP contribution in [0.3, 0.4) is 0 Å². The molecule has 2 rings (SSSR count). The van der Waals surface area contributed by atoms with Crippen molar-refractivity contribution in [3.8, 4) is 0 Å². The number of benzene rings is 1. The fourth-order valence-corrected chi connectivity index (χ4v) is 2.98. The maximum Gasteiger partial charge on any atom is 0.105 e. The SMILES string of the molecule is COCCNCc1cccnc1Sc1ccc(Cl)c(Cl)c1. The van der Waals surface area contributed by atoms with E-state index in [1.54, 1.807) is 31.1 Å². The van der Waals surface area contributed by atoms with Gasteiger partial charge in [-0.3, -0.25) is 0 Å². The second-order valence-electron chi connectivity index (χ2n) is 4.32. The molecular weight excluding hydrogens is 327 g/mol. The van der Waals surface area contributed by atoms with E-state index in [1.807, 2.05) is 18.2 Å². The van der Waals surface area contributed by atoms with Gasteiger partial charge in [-0.2, -0.15) is 0 Å². The predicted octanol–water partition coefficient (Wildman–Crippen LogP) is 4.28. The largest absolute Gasteiger partial charge is 0.383 e. The van der Waals surface area contributed by atoms with Crippen molar-refractivity contribution >= 4 is 35.0 Å². The number of halogens is 2. The first-order chi connectivity index (χ1) is 10.2. The normalized spacial score (nSPS) is 10.8. The molecule has 1 heterocycles. The first-order valence-corrected chi connectivity index (χ1v) is 8.04. The summed E-state index contributed by atoms with van der Waals surface area (Å²) in [5, 5.41) is 5.39. The lowest BCUT2D eigenvalue weighted by atomic mass is 10.3. The number of methoxy groups -OCH3 is 1. The third kappa shape index (κ3) is 5.16. The van der Waals surface area contributed by atoms with Crippen molar-refractivity contribution < 1.29 is 4.74 Å². The van der Waals surface area contributed by atoms with Crippen molar-refractivity contribution in [2.24, 2.45) is 0 Å². The Hall–Kier alpha value is -0.780. The lowest BCUT2D eigenvalue weighted by Gasteiger charge is -2.09. The van der Waals surface area contributed by atoms with Crippen LogP contribution in [0.2, 0.25) is 10.0 Å². The van der Waals surface area contributed by atoms with Crippen LogP contribution in [0.4, 0.5) is 0 Å². The quantitative estimate of drug-likeness (QED) is 0.761. The van der Waals surface area contributed by atoms with Crippen LogP contribution in [0.25, 0.3) is 0 Å². The Balaban J connectivity index is 2.06. The summed E-state index contributed by atoms with van der Waals surface area (Å²) in [6.07, 6.45) is 1.79. The number of nitrogens with zero attached hydrogens (tertiary/aromatic N) is 1. The average Bonchev–Trinajstić information content (AvgIpc) is 2.49. The molecule has 1 aromatic heterocycles. The van der Waals surface area contributed by atoms with Gasteiger partial charge in [0.2, 0.25) is 0 Å². The summed E-state index contributed by atoms with van der Waals surface area (Å²) >= 11 is 13.6. The van der Waals surface area contributed by atoms with Gasteiger partial charge in [0.1, 0.15) is 5.03 Å². The van der Waals surface area contributed by atoms with Gasteiger partial charge in [0.25, 0.3) is 0 Å². The van der Waals surface area contributed by atoms with Gasteiger partial charge in [-0.15, -0.1) is 0 Å². The number of pyridine rings is 1. The summed E-state index contributed by atoms with van der Waals surface area (Å²) in [6, 6.07) is 9.59. The summed E-state index contributed by atoms with van der Waals surface area (Å²) in [6.45, 7) is 2.25. The fraction of sp³-hybridized carbons (Fsp3) is 0.267. The first-order valence-electron chi connectivity index (χ1n) is 6.47. The summed E-state index contributed by atoms with van der Waals surface area (Å²) in [7, 11) is 1.69. The molecule has 112 valence electrons. The summed E-state index contributed by atoms with van der Waals surface area (Å²) in [5.74, 6) is 0. The number of nitrogens with one attached hydrogen (secondary N) is 1. The van der Waals surface area contributed by atoms with E-state index in [0.29, 0.717) is 16.7 Å². The van der Waals surface area contributed by atoms with Crippen LogP contribution in [0.15, 0.2) is 46.5 Å².